The van der Waals surface area contributed by atoms with Crippen molar-refractivity contribution >= 4 is 23.9 Å². The van der Waals surface area contributed by atoms with Gasteiger partial charge in [-0.15, -0.1) is 0 Å². The normalized spacial score (nSPS) is 18.1. The summed E-state index contributed by atoms with van der Waals surface area (Å²) < 4.78 is 15.4. The maximum absolute atomic E-state index is 5.50. The molecule has 1 aliphatic carbocycles. The van der Waals surface area contributed by atoms with Gasteiger partial charge in [0.15, 0.2) is 0 Å². The molecule has 218 valence electrons. The molecule has 0 radical (unpaired) electrons. The van der Waals surface area contributed by atoms with E-state index in [1.54, 1.807) is 11.9 Å². The van der Waals surface area contributed by atoms with E-state index in [-0.39, 0.29) is 11.0 Å². The van der Waals surface area contributed by atoms with Crippen LogP contribution in [0.5, 0.6) is 0 Å². The molecule has 2 aliphatic rings. The first kappa shape index (κ1) is 31.0. The highest BCUT2D eigenvalue weighted by Crippen LogP contribution is 2.39. The maximum atomic E-state index is 5.50. The van der Waals surface area contributed by atoms with Gasteiger partial charge in [0.05, 0.1) is 13.2 Å². The van der Waals surface area contributed by atoms with E-state index in [0.29, 0.717) is 0 Å². The third-order valence-electron chi connectivity index (χ3n) is 7.85. The Hall–Kier alpha value is -0.960. The standard InChI is InChI=1S/C32H52N4OS2/c1-24-30(38-33-15-16-35-17-19-37-20-18-35)22-28(36(24)23-25-11-9-8-10-12-25)26-13-14-29(39-34-32(5,6)7)27(21-26)31(2,3)4/h13-14,21-22,25,33-34H,8-12,15-20,23H2,1-7H3. The first-order valence-corrected chi connectivity index (χ1v) is 16.6. The van der Waals surface area contributed by atoms with Crippen LogP contribution in [0.15, 0.2) is 34.1 Å². The number of morpholine rings is 1. The molecule has 1 saturated heterocycles. The van der Waals surface area contributed by atoms with E-state index in [2.05, 4.69) is 91.6 Å². The summed E-state index contributed by atoms with van der Waals surface area (Å²) >= 11 is 3.58. The number of rotatable bonds is 10. The number of ether oxygens (including phenoxy) is 1. The number of nitrogens with one attached hydrogen (secondary N) is 2. The van der Waals surface area contributed by atoms with Gasteiger partial charge in [0.25, 0.3) is 0 Å². The van der Waals surface area contributed by atoms with Crippen molar-refractivity contribution in [3.05, 3.63) is 35.5 Å². The monoisotopic (exact) mass is 572 g/mol. The van der Waals surface area contributed by atoms with Gasteiger partial charge in [0, 0.05) is 59.4 Å². The Labute approximate surface area is 246 Å². The van der Waals surface area contributed by atoms with Crippen molar-refractivity contribution in [3.63, 3.8) is 0 Å². The molecule has 7 heteroatoms. The van der Waals surface area contributed by atoms with Crippen LogP contribution in [0.25, 0.3) is 11.3 Å². The number of aromatic nitrogens is 1. The van der Waals surface area contributed by atoms with Crippen molar-refractivity contribution in [3.8, 4) is 11.3 Å². The molecule has 0 spiro atoms. The van der Waals surface area contributed by atoms with E-state index in [0.717, 1.165) is 51.9 Å². The van der Waals surface area contributed by atoms with Gasteiger partial charge in [0.2, 0.25) is 0 Å². The van der Waals surface area contributed by atoms with Gasteiger partial charge in [0.1, 0.15) is 0 Å². The molecule has 0 bridgehead atoms. The van der Waals surface area contributed by atoms with Gasteiger partial charge < -0.3 is 9.30 Å². The average molecular weight is 573 g/mol. The summed E-state index contributed by atoms with van der Waals surface area (Å²) in [7, 11) is 0. The highest BCUT2D eigenvalue weighted by molar-refractivity contribution is 7.97. The van der Waals surface area contributed by atoms with Crippen LogP contribution in [0.1, 0.15) is 84.9 Å². The van der Waals surface area contributed by atoms with Crippen LogP contribution in [0.4, 0.5) is 0 Å². The molecule has 5 nitrogen and oxygen atoms in total. The molecule has 0 atom stereocenters. The van der Waals surface area contributed by atoms with Crippen molar-refractivity contribution in [2.45, 2.75) is 108 Å². The fraction of sp³-hybridized carbons (Fsp3) is 0.688. The number of hydrogen-bond donors (Lipinski definition) is 2. The van der Waals surface area contributed by atoms with Crippen molar-refractivity contribution < 1.29 is 4.74 Å². The van der Waals surface area contributed by atoms with Gasteiger partial charge in [-0.2, -0.15) is 0 Å². The number of benzene rings is 1. The van der Waals surface area contributed by atoms with E-state index < -0.39 is 0 Å². The van der Waals surface area contributed by atoms with Gasteiger partial charge in [-0.1, -0.05) is 46.1 Å². The first-order chi connectivity index (χ1) is 18.5. The fourth-order valence-corrected chi connectivity index (χ4v) is 7.36. The Balaban J connectivity index is 1.59. The first-order valence-electron chi connectivity index (χ1n) is 15.0. The lowest BCUT2D eigenvalue weighted by Gasteiger charge is -2.27. The van der Waals surface area contributed by atoms with E-state index in [9.17, 15) is 0 Å². The molecule has 39 heavy (non-hydrogen) atoms. The lowest BCUT2D eigenvalue weighted by molar-refractivity contribution is 0.0391. The summed E-state index contributed by atoms with van der Waals surface area (Å²) in [5, 5.41) is 0. The Morgan fingerprint density at radius 3 is 2.31 bits per heavy atom. The van der Waals surface area contributed by atoms with E-state index in [1.807, 2.05) is 11.9 Å². The molecule has 2 heterocycles. The highest BCUT2D eigenvalue weighted by atomic mass is 32.2. The smallest absolute Gasteiger partial charge is 0.0594 e. The molecular weight excluding hydrogens is 521 g/mol. The minimum Gasteiger partial charge on any atom is -0.379 e. The molecular formula is C32H52N4OS2. The Morgan fingerprint density at radius 1 is 0.923 bits per heavy atom. The van der Waals surface area contributed by atoms with E-state index in [1.165, 1.54) is 64.4 Å². The topological polar surface area (TPSA) is 41.5 Å². The minimum atomic E-state index is 0.0607. The van der Waals surface area contributed by atoms with Crippen LogP contribution in [0, 0.1) is 12.8 Å². The zero-order valence-electron chi connectivity index (χ0n) is 25.5. The average Bonchev–Trinajstić information content (AvgIpc) is 3.20. The quantitative estimate of drug-likeness (QED) is 0.225. The molecule has 1 aliphatic heterocycles. The second kappa shape index (κ2) is 13.8. The Kier molecular flexibility index (Phi) is 11.0. The molecule has 0 unspecified atom stereocenters. The van der Waals surface area contributed by atoms with Crippen LogP contribution in [-0.2, 0) is 16.7 Å². The van der Waals surface area contributed by atoms with Crippen LogP contribution in [-0.4, -0.2) is 54.4 Å². The molecule has 1 aromatic heterocycles. The summed E-state index contributed by atoms with van der Waals surface area (Å²) in [5.74, 6) is 0.781. The molecule has 1 saturated carbocycles. The third-order valence-corrected chi connectivity index (χ3v) is 10.1. The number of hydrogen-bond acceptors (Lipinski definition) is 6. The van der Waals surface area contributed by atoms with E-state index >= 15 is 0 Å². The summed E-state index contributed by atoms with van der Waals surface area (Å²) in [4.78, 5) is 5.17. The van der Waals surface area contributed by atoms with Gasteiger partial charge in [-0.3, -0.25) is 14.3 Å². The lowest BCUT2D eigenvalue weighted by atomic mass is 9.85. The maximum Gasteiger partial charge on any atom is 0.0594 e. The van der Waals surface area contributed by atoms with Crippen LogP contribution < -0.4 is 9.44 Å². The lowest BCUT2D eigenvalue weighted by Crippen LogP contribution is -2.39. The van der Waals surface area contributed by atoms with Crippen molar-refractivity contribution in [2.75, 3.05) is 39.4 Å². The predicted molar refractivity (Wildman–Crippen MR) is 170 cm³/mol. The van der Waals surface area contributed by atoms with Crippen molar-refractivity contribution in [1.82, 2.24) is 18.9 Å². The van der Waals surface area contributed by atoms with Gasteiger partial charge >= 0.3 is 0 Å². The fourth-order valence-electron chi connectivity index (χ4n) is 5.56. The molecule has 2 fully saturated rings. The van der Waals surface area contributed by atoms with Crippen molar-refractivity contribution in [2.24, 2.45) is 5.92 Å². The van der Waals surface area contributed by atoms with Crippen LogP contribution >= 0.6 is 23.9 Å². The van der Waals surface area contributed by atoms with Gasteiger partial charge in [-0.25, -0.2) is 0 Å². The number of nitrogens with zero attached hydrogens (tertiary/aromatic N) is 2. The minimum absolute atomic E-state index is 0.0607. The zero-order valence-corrected chi connectivity index (χ0v) is 27.1. The van der Waals surface area contributed by atoms with Crippen LogP contribution in [0.3, 0.4) is 0 Å². The predicted octanol–water partition coefficient (Wildman–Crippen LogP) is 7.67. The summed E-state index contributed by atoms with van der Waals surface area (Å²) in [6.45, 7) is 23.0. The Bertz CT molecular complexity index is 1060. The summed E-state index contributed by atoms with van der Waals surface area (Å²) in [5.41, 5.74) is 5.62. The SMILES string of the molecule is Cc1c(SNCCN2CCOCC2)cc(-c2ccc(SNC(C)(C)C)c(C(C)(C)C)c2)n1CC1CCCCC1. The molecule has 1 aromatic carbocycles. The summed E-state index contributed by atoms with van der Waals surface area (Å²) in [6.07, 6.45) is 6.88. The molecule has 4 rings (SSSR count). The van der Waals surface area contributed by atoms with Crippen molar-refractivity contribution in [1.29, 1.82) is 0 Å². The summed E-state index contributed by atoms with van der Waals surface area (Å²) in [6, 6.07) is 9.57. The largest absolute Gasteiger partial charge is 0.379 e. The third kappa shape index (κ3) is 9.01. The van der Waals surface area contributed by atoms with E-state index in [4.69, 9.17) is 4.74 Å². The molecule has 2 N–H and O–H groups in total. The van der Waals surface area contributed by atoms with Gasteiger partial charge in [-0.05, 0) is 105 Å². The Morgan fingerprint density at radius 2 is 1.64 bits per heavy atom. The molecule has 0 amide bonds. The second-order valence-electron chi connectivity index (χ2n) is 13.5. The molecule has 2 aromatic rings. The highest BCUT2D eigenvalue weighted by Gasteiger charge is 2.24. The zero-order chi connectivity index (χ0) is 28.0. The second-order valence-corrected chi connectivity index (χ2v) is 15.2. The van der Waals surface area contributed by atoms with Crippen LogP contribution in [0.2, 0.25) is 0 Å².